The number of aliphatic hydroxyl groups is 1. The molecule has 0 aliphatic rings. The number of nitrogens with one attached hydrogen (secondary N) is 3. The Bertz CT molecular complexity index is 947. The zero-order valence-electron chi connectivity index (χ0n) is 14.2. The highest BCUT2D eigenvalue weighted by molar-refractivity contribution is 5.64. The number of rotatable bonds is 7. The van der Waals surface area contributed by atoms with E-state index >= 15 is 0 Å². The lowest BCUT2D eigenvalue weighted by Gasteiger charge is -2.14. The zero-order valence-corrected chi connectivity index (χ0v) is 14.2. The van der Waals surface area contributed by atoms with Crippen LogP contribution in [0.4, 0.5) is 35.0 Å². The summed E-state index contributed by atoms with van der Waals surface area (Å²) in [5, 5.41) is 11.7. The van der Waals surface area contributed by atoms with E-state index in [0.29, 0.717) is 11.3 Å². The molecule has 0 aliphatic carbocycles. The lowest BCUT2D eigenvalue weighted by atomic mass is 10.2. The van der Waals surface area contributed by atoms with Gasteiger partial charge in [0.15, 0.2) is 29.1 Å². The largest absolute Gasteiger partial charge is 0.395 e. The van der Waals surface area contributed by atoms with E-state index in [1.807, 2.05) is 0 Å². The summed E-state index contributed by atoms with van der Waals surface area (Å²) in [6.07, 6.45) is 3.11. The summed E-state index contributed by atoms with van der Waals surface area (Å²) in [7, 11) is 0. The Labute approximate surface area is 156 Å². The molecular formula is C17H14F4N6O. The fourth-order valence-corrected chi connectivity index (χ4v) is 2.23. The van der Waals surface area contributed by atoms with E-state index in [2.05, 4.69) is 31.1 Å². The van der Waals surface area contributed by atoms with Crippen molar-refractivity contribution in [3.63, 3.8) is 0 Å². The highest BCUT2D eigenvalue weighted by Gasteiger charge is 2.19. The van der Waals surface area contributed by atoms with Crippen molar-refractivity contribution in [1.82, 2.24) is 15.0 Å². The lowest BCUT2D eigenvalue weighted by molar-refractivity contribution is 0.311. The predicted molar refractivity (Wildman–Crippen MR) is 94.4 cm³/mol. The summed E-state index contributed by atoms with van der Waals surface area (Å²) >= 11 is 0. The number of hydrazine groups is 1. The third kappa shape index (κ3) is 4.26. The van der Waals surface area contributed by atoms with Crippen molar-refractivity contribution in [2.45, 2.75) is 0 Å². The van der Waals surface area contributed by atoms with Gasteiger partial charge in [-0.1, -0.05) is 0 Å². The van der Waals surface area contributed by atoms with Crippen LogP contribution in [0.2, 0.25) is 0 Å². The van der Waals surface area contributed by atoms with Crippen molar-refractivity contribution in [3.05, 3.63) is 59.9 Å². The van der Waals surface area contributed by atoms with E-state index in [1.165, 1.54) is 12.3 Å². The number of anilines is 3. The SMILES string of the molecule is OCCNc1nc(NNc2c(F)c(F)cc(F)c2F)cc(-c2cccnc2)n1. The summed E-state index contributed by atoms with van der Waals surface area (Å²) in [5.74, 6) is -6.14. The van der Waals surface area contributed by atoms with Crippen LogP contribution in [0.5, 0.6) is 0 Å². The molecule has 0 radical (unpaired) electrons. The number of nitrogens with zero attached hydrogens (tertiary/aromatic N) is 3. The molecular weight excluding hydrogens is 380 g/mol. The Morgan fingerprint density at radius 1 is 0.964 bits per heavy atom. The Kier molecular flexibility index (Phi) is 5.84. The van der Waals surface area contributed by atoms with Crippen LogP contribution in [0.3, 0.4) is 0 Å². The second kappa shape index (κ2) is 8.48. The average molecular weight is 394 g/mol. The minimum atomic E-state index is -1.59. The van der Waals surface area contributed by atoms with Gasteiger partial charge in [-0.05, 0) is 12.1 Å². The topological polar surface area (TPSA) is 95.0 Å². The van der Waals surface area contributed by atoms with Gasteiger partial charge in [0.1, 0.15) is 5.69 Å². The number of aromatic nitrogens is 3. The molecule has 2 aromatic heterocycles. The van der Waals surface area contributed by atoms with Gasteiger partial charge in [0.25, 0.3) is 0 Å². The predicted octanol–water partition coefficient (Wildman–Crippen LogP) is 2.94. The van der Waals surface area contributed by atoms with Gasteiger partial charge in [0, 0.05) is 36.6 Å². The second-order valence-electron chi connectivity index (χ2n) is 5.45. The molecule has 11 heteroatoms. The first-order chi connectivity index (χ1) is 13.5. The van der Waals surface area contributed by atoms with E-state index in [1.54, 1.807) is 18.3 Å². The van der Waals surface area contributed by atoms with Crippen LogP contribution in [0.15, 0.2) is 36.7 Å². The molecule has 0 unspecified atom stereocenters. The number of hydrogen-bond donors (Lipinski definition) is 4. The van der Waals surface area contributed by atoms with Gasteiger partial charge in [-0.25, -0.2) is 22.5 Å². The molecule has 3 rings (SSSR count). The molecule has 0 aliphatic heterocycles. The third-order valence-corrected chi connectivity index (χ3v) is 3.51. The van der Waals surface area contributed by atoms with E-state index in [4.69, 9.17) is 5.11 Å². The summed E-state index contributed by atoms with van der Waals surface area (Å²) in [5.41, 5.74) is 4.45. The fourth-order valence-electron chi connectivity index (χ4n) is 2.23. The fraction of sp³-hybridized carbons (Fsp3) is 0.118. The van der Waals surface area contributed by atoms with Gasteiger partial charge in [-0.2, -0.15) is 4.98 Å². The molecule has 0 bridgehead atoms. The monoisotopic (exact) mass is 394 g/mol. The van der Waals surface area contributed by atoms with Crippen molar-refractivity contribution in [1.29, 1.82) is 0 Å². The van der Waals surface area contributed by atoms with Gasteiger partial charge in [0.05, 0.1) is 12.3 Å². The standard InChI is InChI=1S/C17H14F4N6O/c18-10-6-11(19)15(21)16(14(10)20)27-26-13-7-12(9-2-1-3-22-8-9)24-17(25-13)23-4-5-28/h1-3,6-8,27-28H,4-5H2,(H2,23,24,25,26). The molecule has 3 aromatic rings. The highest BCUT2D eigenvalue weighted by atomic mass is 19.2. The van der Waals surface area contributed by atoms with Gasteiger partial charge in [-0.3, -0.25) is 15.8 Å². The van der Waals surface area contributed by atoms with Gasteiger partial charge >= 0.3 is 0 Å². The summed E-state index contributed by atoms with van der Waals surface area (Å²) in [6, 6.07) is 4.95. The van der Waals surface area contributed by atoms with Crippen molar-refractivity contribution < 1.29 is 22.7 Å². The van der Waals surface area contributed by atoms with Crippen molar-refractivity contribution >= 4 is 17.5 Å². The van der Waals surface area contributed by atoms with E-state index < -0.39 is 29.0 Å². The molecule has 0 spiro atoms. The Morgan fingerprint density at radius 3 is 2.36 bits per heavy atom. The molecule has 0 atom stereocenters. The van der Waals surface area contributed by atoms with Gasteiger partial charge < -0.3 is 10.4 Å². The molecule has 2 heterocycles. The van der Waals surface area contributed by atoms with Crippen molar-refractivity contribution in [2.75, 3.05) is 29.3 Å². The zero-order chi connectivity index (χ0) is 20.1. The maximum absolute atomic E-state index is 13.8. The third-order valence-electron chi connectivity index (χ3n) is 3.51. The van der Waals surface area contributed by atoms with Crippen LogP contribution in [-0.4, -0.2) is 33.2 Å². The highest BCUT2D eigenvalue weighted by Crippen LogP contribution is 2.25. The molecule has 0 saturated heterocycles. The quantitative estimate of drug-likeness (QED) is 0.278. The van der Waals surface area contributed by atoms with Crippen LogP contribution < -0.4 is 16.2 Å². The second-order valence-corrected chi connectivity index (χ2v) is 5.45. The van der Waals surface area contributed by atoms with Gasteiger partial charge in [-0.15, -0.1) is 0 Å². The number of hydrogen-bond acceptors (Lipinski definition) is 7. The maximum atomic E-state index is 13.8. The molecule has 0 fully saturated rings. The summed E-state index contributed by atoms with van der Waals surface area (Å²) in [4.78, 5) is 12.3. The van der Waals surface area contributed by atoms with Crippen LogP contribution in [0.25, 0.3) is 11.3 Å². The molecule has 1 aromatic carbocycles. The lowest BCUT2D eigenvalue weighted by Crippen LogP contribution is -2.16. The molecule has 0 amide bonds. The minimum Gasteiger partial charge on any atom is -0.395 e. The Hall–Kier alpha value is -3.47. The van der Waals surface area contributed by atoms with E-state index in [-0.39, 0.29) is 31.0 Å². The molecule has 28 heavy (non-hydrogen) atoms. The van der Waals surface area contributed by atoms with Crippen molar-refractivity contribution in [3.8, 4) is 11.3 Å². The van der Waals surface area contributed by atoms with Crippen LogP contribution in [0, 0.1) is 23.3 Å². The molecule has 7 nitrogen and oxygen atoms in total. The van der Waals surface area contributed by atoms with Crippen molar-refractivity contribution in [2.24, 2.45) is 0 Å². The minimum absolute atomic E-state index is 0.0396. The number of benzene rings is 1. The van der Waals surface area contributed by atoms with Crippen LogP contribution in [0.1, 0.15) is 0 Å². The van der Waals surface area contributed by atoms with E-state index in [9.17, 15) is 17.6 Å². The number of pyridine rings is 1. The molecule has 0 saturated carbocycles. The smallest absolute Gasteiger partial charge is 0.225 e. The van der Waals surface area contributed by atoms with Gasteiger partial charge in [0.2, 0.25) is 5.95 Å². The average Bonchev–Trinajstić information content (AvgIpc) is 2.71. The normalized spacial score (nSPS) is 10.6. The number of halogens is 4. The van der Waals surface area contributed by atoms with Crippen LogP contribution in [-0.2, 0) is 0 Å². The first-order valence-electron chi connectivity index (χ1n) is 7.99. The van der Waals surface area contributed by atoms with Crippen LogP contribution >= 0.6 is 0 Å². The molecule has 4 N–H and O–H groups in total. The first-order valence-corrected chi connectivity index (χ1v) is 7.99. The number of aliphatic hydroxyl groups excluding tert-OH is 1. The summed E-state index contributed by atoms with van der Waals surface area (Å²) < 4.78 is 54.2. The summed E-state index contributed by atoms with van der Waals surface area (Å²) in [6.45, 7) is -0.0256. The Morgan fingerprint density at radius 2 is 1.71 bits per heavy atom. The first kappa shape index (κ1) is 19.3. The maximum Gasteiger partial charge on any atom is 0.225 e. The Balaban J connectivity index is 1.91. The van der Waals surface area contributed by atoms with E-state index in [0.717, 1.165) is 0 Å². The molecule has 146 valence electrons.